The first kappa shape index (κ1) is 14.4. The van der Waals surface area contributed by atoms with Crippen molar-refractivity contribution >= 4 is 5.97 Å². The van der Waals surface area contributed by atoms with Crippen molar-refractivity contribution in [3.05, 3.63) is 0 Å². The van der Waals surface area contributed by atoms with Gasteiger partial charge in [-0.05, 0) is 5.92 Å². The summed E-state index contributed by atoms with van der Waals surface area (Å²) in [5.74, 6) is -0.510. The number of carboxylic acids is 1. The summed E-state index contributed by atoms with van der Waals surface area (Å²) in [5.41, 5.74) is 0. The number of hydrogen-bond donors (Lipinski definition) is 1. The Labute approximate surface area is 92.2 Å². The molecule has 4 heteroatoms. The Morgan fingerprint density at radius 1 is 1.33 bits per heavy atom. The average Bonchev–Trinajstić information content (AvgIpc) is 2.13. The Balaban J connectivity index is 4.04. The zero-order chi connectivity index (χ0) is 11.8. The molecule has 0 saturated heterocycles. The summed E-state index contributed by atoms with van der Waals surface area (Å²) in [6, 6.07) is 0. The molecule has 0 aliphatic rings. The third-order valence-electron chi connectivity index (χ3n) is 2.19. The Morgan fingerprint density at radius 2 is 1.93 bits per heavy atom. The monoisotopic (exact) mass is 217 g/mol. The summed E-state index contributed by atoms with van der Waals surface area (Å²) in [6.07, 6.45) is 0. The smallest absolute Gasteiger partial charge is 0.307 e. The molecule has 90 valence electrons. The van der Waals surface area contributed by atoms with E-state index in [1.54, 1.807) is 14.0 Å². The van der Waals surface area contributed by atoms with Crippen LogP contribution in [0.25, 0.3) is 0 Å². The summed E-state index contributed by atoms with van der Waals surface area (Å²) >= 11 is 0. The highest BCUT2D eigenvalue weighted by molar-refractivity contribution is 5.69. The molecule has 0 aromatic rings. The molecule has 0 aromatic carbocycles. The lowest BCUT2D eigenvalue weighted by atomic mass is 10.1. The fourth-order valence-corrected chi connectivity index (χ4v) is 1.46. The Bertz CT molecular complexity index is 183. The molecule has 0 bridgehead atoms. The highest BCUT2D eigenvalue weighted by atomic mass is 16.5. The lowest BCUT2D eigenvalue weighted by molar-refractivity contribution is -0.141. The van der Waals surface area contributed by atoms with E-state index in [4.69, 9.17) is 9.84 Å². The van der Waals surface area contributed by atoms with Gasteiger partial charge < -0.3 is 9.84 Å². The van der Waals surface area contributed by atoms with Crippen LogP contribution in [-0.2, 0) is 9.53 Å². The van der Waals surface area contributed by atoms with Crippen LogP contribution in [0.2, 0.25) is 0 Å². The van der Waals surface area contributed by atoms with Gasteiger partial charge in [-0.1, -0.05) is 20.8 Å². The van der Waals surface area contributed by atoms with Gasteiger partial charge in [0.05, 0.1) is 12.5 Å². The van der Waals surface area contributed by atoms with Crippen LogP contribution in [-0.4, -0.2) is 49.3 Å². The molecule has 0 aliphatic heterocycles. The van der Waals surface area contributed by atoms with E-state index in [2.05, 4.69) is 18.7 Å². The lowest BCUT2D eigenvalue weighted by Crippen LogP contribution is -2.36. The number of hydrogen-bond acceptors (Lipinski definition) is 3. The third-order valence-corrected chi connectivity index (χ3v) is 2.19. The SMILES string of the molecule is COCCN(CC(C)C)CC(C)C(=O)O. The van der Waals surface area contributed by atoms with Crippen molar-refractivity contribution in [3.63, 3.8) is 0 Å². The molecule has 15 heavy (non-hydrogen) atoms. The minimum atomic E-state index is -0.735. The number of nitrogens with zero attached hydrogens (tertiary/aromatic N) is 1. The van der Waals surface area contributed by atoms with E-state index in [9.17, 15) is 4.79 Å². The van der Waals surface area contributed by atoms with Gasteiger partial charge in [-0.25, -0.2) is 0 Å². The van der Waals surface area contributed by atoms with Gasteiger partial charge in [0.2, 0.25) is 0 Å². The summed E-state index contributed by atoms with van der Waals surface area (Å²) in [4.78, 5) is 12.9. The Kier molecular flexibility index (Phi) is 7.34. The van der Waals surface area contributed by atoms with E-state index in [-0.39, 0.29) is 5.92 Å². The molecule has 0 aliphatic carbocycles. The summed E-state index contributed by atoms with van der Waals surface area (Å²) < 4.78 is 5.01. The minimum absolute atomic E-state index is 0.319. The molecule has 0 saturated carbocycles. The van der Waals surface area contributed by atoms with Gasteiger partial charge in [0.1, 0.15) is 0 Å². The molecule has 0 radical (unpaired) electrons. The minimum Gasteiger partial charge on any atom is -0.481 e. The van der Waals surface area contributed by atoms with Crippen LogP contribution >= 0.6 is 0 Å². The largest absolute Gasteiger partial charge is 0.481 e. The van der Waals surface area contributed by atoms with Gasteiger partial charge in [-0.3, -0.25) is 9.69 Å². The van der Waals surface area contributed by atoms with E-state index in [1.807, 2.05) is 0 Å². The molecular formula is C11H23NO3. The topological polar surface area (TPSA) is 49.8 Å². The number of carboxylic acid groups (broad SMARTS) is 1. The molecule has 4 nitrogen and oxygen atoms in total. The van der Waals surface area contributed by atoms with Crippen LogP contribution in [0.4, 0.5) is 0 Å². The second-order valence-electron chi connectivity index (χ2n) is 4.39. The maximum Gasteiger partial charge on any atom is 0.307 e. The molecule has 1 N–H and O–H groups in total. The summed E-state index contributed by atoms with van der Waals surface area (Å²) in [7, 11) is 1.66. The zero-order valence-corrected chi connectivity index (χ0v) is 10.2. The van der Waals surface area contributed by atoms with Gasteiger partial charge >= 0.3 is 5.97 Å². The predicted octanol–water partition coefficient (Wildman–Crippen LogP) is 1.31. The number of ether oxygens (including phenoxy) is 1. The maximum absolute atomic E-state index is 10.7. The van der Waals surface area contributed by atoms with Crippen LogP contribution in [0.5, 0.6) is 0 Å². The first-order valence-corrected chi connectivity index (χ1v) is 5.41. The first-order valence-electron chi connectivity index (χ1n) is 5.41. The maximum atomic E-state index is 10.7. The molecule has 0 heterocycles. The summed E-state index contributed by atoms with van der Waals surface area (Å²) in [6.45, 7) is 8.96. The second kappa shape index (κ2) is 7.65. The van der Waals surface area contributed by atoms with E-state index >= 15 is 0 Å². The first-order chi connectivity index (χ1) is 6.97. The second-order valence-corrected chi connectivity index (χ2v) is 4.39. The van der Waals surface area contributed by atoms with Crippen LogP contribution in [0.3, 0.4) is 0 Å². The van der Waals surface area contributed by atoms with Gasteiger partial charge in [-0.15, -0.1) is 0 Å². The van der Waals surface area contributed by atoms with Crippen molar-refractivity contribution in [2.45, 2.75) is 20.8 Å². The van der Waals surface area contributed by atoms with E-state index in [1.165, 1.54) is 0 Å². The molecular weight excluding hydrogens is 194 g/mol. The van der Waals surface area contributed by atoms with Crippen molar-refractivity contribution in [1.29, 1.82) is 0 Å². The summed E-state index contributed by atoms with van der Waals surface area (Å²) in [5, 5.41) is 8.83. The van der Waals surface area contributed by atoms with Crippen molar-refractivity contribution in [2.24, 2.45) is 11.8 Å². The third kappa shape index (κ3) is 7.33. The Hall–Kier alpha value is -0.610. The highest BCUT2D eigenvalue weighted by Gasteiger charge is 2.16. The molecule has 0 fully saturated rings. The molecule has 0 rings (SSSR count). The molecule has 0 aromatic heterocycles. The number of rotatable bonds is 8. The van der Waals surface area contributed by atoms with Crippen molar-refractivity contribution < 1.29 is 14.6 Å². The van der Waals surface area contributed by atoms with Gasteiger partial charge in [0.25, 0.3) is 0 Å². The van der Waals surface area contributed by atoms with Crippen molar-refractivity contribution in [2.75, 3.05) is 33.4 Å². The van der Waals surface area contributed by atoms with E-state index < -0.39 is 5.97 Å². The van der Waals surface area contributed by atoms with Gasteiger partial charge in [-0.2, -0.15) is 0 Å². The fraction of sp³-hybridized carbons (Fsp3) is 0.909. The predicted molar refractivity (Wildman–Crippen MR) is 60.0 cm³/mol. The van der Waals surface area contributed by atoms with Gasteiger partial charge in [0, 0.05) is 26.7 Å². The van der Waals surface area contributed by atoms with E-state index in [0.29, 0.717) is 19.1 Å². The highest BCUT2D eigenvalue weighted by Crippen LogP contribution is 2.04. The lowest BCUT2D eigenvalue weighted by Gasteiger charge is -2.25. The van der Waals surface area contributed by atoms with Crippen LogP contribution in [0.1, 0.15) is 20.8 Å². The number of methoxy groups -OCH3 is 1. The standard InChI is InChI=1S/C11H23NO3/c1-9(2)7-12(5-6-15-4)8-10(3)11(13)14/h9-10H,5-8H2,1-4H3,(H,13,14). The van der Waals surface area contributed by atoms with E-state index in [0.717, 1.165) is 13.1 Å². The Morgan fingerprint density at radius 3 is 2.33 bits per heavy atom. The van der Waals surface area contributed by atoms with Gasteiger partial charge in [0.15, 0.2) is 0 Å². The average molecular weight is 217 g/mol. The number of aliphatic carboxylic acids is 1. The molecule has 1 atom stereocenters. The normalized spacial score (nSPS) is 13.5. The van der Waals surface area contributed by atoms with Crippen LogP contribution in [0, 0.1) is 11.8 Å². The van der Waals surface area contributed by atoms with Crippen LogP contribution in [0.15, 0.2) is 0 Å². The fourth-order valence-electron chi connectivity index (χ4n) is 1.46. The van der Waals surface area contributed by atoms with Crippen molar-refractivity contribution in [1.82, 2.24) is 4.90 Å². The number of carbonyl (C=O) groups is 1. The molecule has 0 spiro atoms. The molecule has 0 amide bonds. The molecule has 1 unspecified atom stereocenters. The zero-order valence-electron chi connectivity index (χ0n) is 10.2. The van der Waals surface area contributed by atoms with Crippen LogP contribution < -0.4 is 0 Å². The van der Waals surface area contributed by atoms with Crippen molar-refractivity contribution in [3.8, 4) is 0 Å². The quantitative estimate of drug-likeness (QED) is 0.666.